The molecule has 0 unspecified atom stereocenters. The predicted molar refractivity (Wildman–Crippen MR) is 61.2 cm³/mol. The lowest BCUT2D eigenvalue weighted by Crippen LogP contribution is -2.14. The molecule has 1 aromatic rings. The Hall–Kier alpha value is -1.20. The minimum Gasteiger partial charge on any atom is -0.489 e. The van der Waals surface area contributed by atoms with Crippen molar-refractivity contribution in [2.45, 2.75) is 32.8 Å². The van der Waals surface area contributed by atoms with E-state index in [0.29, 0.717) is 16.3 Å². The quantitative estimate of drug-likeness (QED) is 0.778. The summed E-state index contributed by atoms with van der Waals surface area (Å²) < 4.78 is 5.71. The highest BCUT2D eigenvalue weighted by Gasteiger charge is 2.11. The molecule has 15 heavy (non-hydrogen) atoms. The van der Waals surface area contributed by atoms with E-state index in [9.17, 15) is 0 Å². The summed E-state index contributed by atoms with van der Waals surface area (Å²) in [5, 5.41) is 9.39. The van der Waals surface area contributed by atoms with Crippen molar-refractivity contribution in [1.29, 1.82) is 5.26 Å². The van der Waals surface area contributed by atoms with Crippen LogP contribution in [0.2, 0.25) is 5.02 Å². The van der Waals surface area contributed by atoms with Crippen LogP contribution >= 0.6 is 11.6 Å². The molecule has 0 aromatic heterocycles. The SMILES string of the molecule is CCC(CC)Oc1cccc(Cl)c1C#N. The number of nitriles is 1. The third-order valence-corrected chi connectivity index (χ3v) is 2.61. The van der Waals surface area contributed by atoms with E-state index in [0.717, 1.165) is 12.8 Å². The van der Waals surface area contributed by atoms with E-state index in [2.05, 4.69) is 19.9 Å². The van der Waals surface area contributed by atoms with E-state index >= 15 is 0 Å². The smallest absolute Gasteiger partial charge is 0.139 e. The highest BCUT2D eigenvalue weighted by Crippen LogP contribution is 2.26. The first kappa shape index (κ1) is 11.9. The fourth-order valence-electron chi connectivity index (χ4n) is 1.35. The van der Waals surface area contributed by atoms with Crippen LogP contribution in [0.1, 0.15) is 32.3 Å². The first-order valence-electron chi connectivity index (χ1n) is 5.08. The number of benzene rings is 1. The summed E-state index contributed by atoms with van der Waals surface area (Å²) >= 11 is 5.90. The Morgan fingerprint density at radius 2 is 2.07 bits per heavy atom. The molecule has 0 saturated heterocycles. The van der Waals surface area contributed by atoms with E-state index in [1.54, 1.807) is 18.2 Å². The van der Waals surface area contributed by atoms with Crippen molar-refractivity contribution < 1.29 is 4.74 Å². The number of hydrogen-bond acceptors (Lipinski definition) is 2. The van der Waals surface area contributed by atoms with Crippen molar-refractivity contribution >= 4 is 11.6 Å². The summed E-state index contributed by atoms with van der Waals surface area (Å²) in [4.78, 5) is 0. The van der Waals surface area contributed by atoms with Crippen molar-refractivity contribution in [3.05, 3.63) is 28.8 Å². The van der Waals surface area contributed by atoms with E-state index < -0.39 is 0 Å². The second kappa shape index (κ2) is 5.63. The van der Waals surface area contributed by atoms with Gasteiger partial charge in [0, 0.05) is 0 Å². The maximum Gasteiger partial charge on any atom is 0.139 e. The van der Waals surface area contributed by atoms with Crippen LogP contribution in [-0.4, -0.2) is 6.10 Å². The van der Waals surface area contributed by atoms with Crippen molar-refractivity contribution in [2.24, 2.45) is 0 Å². The molecule has 1 aromatic carbocycles. The lowest BCUT2D eigenvalue weighted by Gasteiger charge is -2.16. The van der Waals surface area contributed by atoms with Crippen LogP contribution in [-0.2, 0) is 0 Å². The molecule has 0 aliphatic carbocycles. The van der Waals surface area contributed by atoms with Crippen LogP contribution in [0.4, 0.5) is 0 Å². The monoisotopic (exact) mass is 223 g/mol. The molecule has 2 nitrogen and oxygen atoms in total. The number of nitrogens with zero attached hydrogens (tertiary/aromatic N) is 1. The fraction of sp³-hybridized carbons (Fsp3) is 0.417. The van der Waals surface area contributed by atoms with E-state index in [1.165, 1.54) is 0 Å². The third kappa shape index (κ3) is 2.87. The van der Waals surface area contributed by atoms with Gasteiger partial charge in [0.1, 0.15) is 17.4 Å². The molecule has 80 valence electrons. The molecule has 0 spiro atoms. The average molecular weight is 224 g/mol. The Balaban J connectivity index is 2.95. The van der Waals surface area contributed by atoms with Gasteiger partial charge < -0.3 is 4.74 Å². The number of rotatable bonds is 4. The number of halogens is 1. The van der Waals surface area contributed by atoms with Crippen molar-refractivity contribution in [1.82, 2.24) is 0 Å². The first-order chi connectivity index (χ1) is 7.22. The second-order valence-electron chi connectivity index (χ2n) is 3.28. The Bertz CT molecular complexity index is 366. The lowest BCUT2D eigenvalue weighted by atomic mass is 10.2. The third-order valence-electron chi connectivity index (χ3n) is 2.29. The van der Waals surface area contributed by atoms with Gasteiger partial charge in [-0.25, -0.2) is 0 Å². The fourth-order valence-corrected chi connectivity index (χ4v) is 1.55. The Kier molecular flexibility index (Phi) is 4.45. The standard InChI is InChI=1S/C12H14ClNO/c1-3-9(4-2)15-12-7-5-6-11(13)10(12)8-14/h5-7,9H,3-4H2,1-2H3. The van der Waals surface area contributed by atoms with Crippen LogP contribution in [0.15, 0.2) is 18.2 Å². The van der Waals surface area contributed by atoms with Crippen molar-refractivity contribution in [3.63, 3.8) is 0 Å². The summed E-state index contributed by atoms with van der Waals surface area (Å²) in [6.07, 6.45) is 2.00. The molecule has 0 atom stereocenters. The Morgan fingerprint density at radius 1 is 1.40 bits per heavy atom. The largest absolute Gasteiger partial charge is 0.489 e. The minimum absolute atomic E-state index is 0.149. The normalized spacial score (nSPS) is 10.1. The van der Waals surface area contributed by atoms with E-state index in [1.807, 2.05) is 0 Å². The van der Waals surface area contributed by atoms with Gasteiger partial charge in [0.25, 0.3) is 0 Å². The van der Waals surface area contributed by atoms with Crippen LogP contribution in [0, 0.1) is 11.3 Å². The van der Waals surface area contributed by atoms with Gasteiger partial charge in [0.05, 0.1) is 11.1 Å². The Labute approximate surface area is 95.4 Å². The van der Waals surface area contributed by atoms with Gasteiger partial charge in [-0.3, -0.25) is 0 Å². The summed E-state index contributed by atoms with van der Waals surface area (Å²) in [6.45, 7) is 4.12. The summed E-state index contributed by atoms with van der Waals surface area (Å²) in [5.74, 6) is 0.582. The van der Waals surface area contributed by atoms with Gasteiger partial charge in [-0.1, -0.05) is 31.5 Å². The molecule has 0 amide bonds. The highest BCUT2D eigenvalue weighted by molar-refractivity contribution is 6.31. The summed E-state index contributed by atoms with van der Waals surface area (Å²) in [5.41, 5.74) is 0.422. The zero-order valence-electron chi connectivity index (χ0n) is 8.96. The zero-order chi connectivity index (χ0) is 11.3. The van der Waals surface area contributed by atoms with Gasteiger partial charge in [0.2, 0.25) is 0 Å². The van der Waals surface area contributed by atoms with Crippen LogP contribution < -0.4 is 4.74 Å². The summed E-state index contributed by atoms with van der Waals surface area (Å²) in [6, 6.07) is 7.33. The van der Waals surface area contributed by atoms with E-state index in [4.69, 9.17) is 21.6 Å². The van der Waals surface area contributed by atoms with Gasteiger partial charge in [-0.15, -0.1) is 0 Å². The predicted octanol–water partition coefficient (Wildman–Crippen LogP) is 3.78. The molecule has 0 fully saturated rings. The molecule has 0 heterocycles. The van der Waals surface area contributed by atoms with Crippen molar-refractivity contribution in [2.75, 3.05) is 0 Å². The van der Waals surface area contributed by atoms with Crippen LogP contribution in [0.5, 0.6) is 5.75 Å². The molecule has 0 saturated carbocycles. The average Bonchev–Trinajstić information content (AvgIpc) is 2.26. The topological polar surface area (TPSA) is 33.0 Å². The van der Waals surface area contributed by atoms with Crippen molar-refractivity contribution in [3.8, 4) is 11.8 Å². The maximum absolute atomic E-state index is 8.94. The molecular weight excluding hydrogens is 210 g/mol. The molecule has 3 heteroatoms. The molecular formula is C12H14ClNO. The molecule has 0 aliphatic heterocycles. The molecule has 1 rings (SSSR count). The van der Waals surface area contributed by atoms with Crippen LogP contribution in [0.3, 0.4) is 0 Å². The Morgan fingerprint density at radius 3 is 2.60 bits per heavy atom. The number of ether oxygens (including phenoxy) is 1. The zero-order valence-corrected chi connectivity index (χ0v) is 9.71. The molecule has 0 N–H and O–H groups in total. The number of hydrogen-bond donors (Lipinski definition) is 0. The van der Waals surface area contributed by atoms with Gasteiger partial charge >= 0.3 is 0 Å². The van der Waals surface area contributed by atoms with E-state index in [-0.39, 0.29) is 6.10 Å². The van der Waals surface area contributed by atoms with Gasteiger partial charge in [0.15, 0.2) is 0 Å². The van der Waals surface area contributed by atoms with Crippen LogP contribution in [0.25, 0.3) is 0 Å². The molecule has 0 bridgehead atoms. The maximum atomic E-state index is 8.94. The molecule has 0 radical (unpaired) electrons. The van der Waals surface area contributed by atoms with Gasteiger partial charge in [-0.2, -0.15) is 5.26 Å². The molecule has 0 aliphatic rings. The highest BCUT2D eigenvalue weighted by atomic mass is 35.5. The van der Waals surface area contributed by atoms with Gasteiger partial charge in [-0.05, 0) is 25.0 Å². The second-order valence-corrected chi connectivity index (χ2v) is 3.69. The minimum atomic E-state index is 0.149. The first-order valence-corrected chi connectivity index (χ1v) is 5.46. The lowest BCUT2D eigenvalue weighted by molar-refractivity contribution is 0.192. The summed E-state index contributed by atoms with van der Waals surface area (Å²) in [7, 11) is 0.